The minimum absolute atomic E-state index is 0.181. The summed E-state index contributed by atoms with van der Waals surface area (Å²) in [5.74, 6) is -0.455. The molecule has 0 radical (unpaired) electrons. The Kier molecular flexibility index (Phi) is 7.04. The van der Waals surface area contributed by atoms with Crippen molar-refractivity contribution in [1.82, 2.24) is 10.6 Å². The molecule has 2 rings (SSSR count). The van der Waals surface area contributed by atoms with Gasteiger partial charge in [-0.2, -0.15) is 0 Å². The number of rotatable bonds is 9. The first-order valence-corrected chi connectivity index (χ1v) is 7.85. The van der Waals surface area contributed by atoms with Gasteiger partial charge in [0.25, 0.3) is 5.91 Å². The number of hydrogen-bond donors (Lipinski definition) is 2. The second kappa shape index (κ2) is 9.52. The second-order valence-corrected chi connectivity index (χ2v) is 5.33. The molecule has 0 saturated heterocycles. The zero-order valence-corrected chi connectivity index (χ0v) is 13.7. The summed E-state index contributed by atoms with van der Waals surface area (Å²) < 4.78 is 10.0. The first-order valence-electron chi connectivity index (χ1n) is 7.85. The first kappa shape index (κ1) is 17.7. The van der Waals surface area contributed by atoms with Crippen LogP contribution in [0.15, 0.2) is 53.1 Å². The monoisotopic (exact) mass is 330 g/mol. The molecule has 6 nitrogen and oxygen atoms in total. The van der Waals surface area contributed by atoms with Gasteiger partial charge >= 0.3 is 0 Å². The molecule has 0 aliphatic carbocycles. The van der Waals surface area contributed by atoms with Crippen LogP contribution in [0.1, 0.15) is 22.5 Å². The van der Waals surface area contributed by atoms with Crippen molar-refractivity contribution >= 4 is 11.8 Å². The maximum atomic E-state index is 12.4. The fourth-order valence-corrected chi connectivity index (χ4v) is 2.25. The van der Waals surface area contributed by atoms with E-state index in [-0.39, 0.29) is 11.7 Å². The number of carbonyl (C=O) groups excluding carboxylic acids is 2. The van der Waals surface area contributed by atoms with Gasteiger partial charge in [0, 0.05) is 26.7 Å². The molecule has 0 bridgehead atoms. The number of amides is 2. The van der Waals surface area contributed by atoms with E-state index in [1.165, 1.54) is 6.26 Å². The third kappa shape index (κ3) is 5.55. The van der Waals surface area contributed by atoms with Crippen molar-refractivity contribution in [1.29, 1.82) is 0 Å². The summed E-state index contributed by atoms with van der Waals surface area (Å²) >= 11 is 0. The van der Waals surface area contributed by atoms with Crippen LogP contribution in [0.3, 0.4) is 0 Å². The van der Waals surface area contributed by atoms with Crippen molar-refractivity contribution in [2.24, 2.45) is 0 Å². The predicted octanol–water partition coefficient (Wildman–Crippen LogP) is 1.77. The number of methoxy groups -OCH3 is 1. The number of nitrogens with one attached hydrogen (secondary N) is 2. The van der Waals surface area contributed by atoms with E-state index in [0.717, 1.165) is 5.56 Å². The van der Waals surface area contributed by atoms with Crippen LogP contribution in [0, 0.1) is 0 Å². The van der Waals surface area contributed by atoms with Crippen LogP contribution in [0.2, 0.25) is 0 Å². The van der Waals surface area contributed by atoms with Gasteiger partial charge in [-0.1, -0.05) is 30.3 Å². The van der Waals surface area contributed by atoms with Gasteiger partial charge < -0.3 is 19.8 Å². The fourth-order valence-electron chi connectivity index (χ4n) is 2.25. The summed E-state index contributed by atoms with van der Waals surface area (Å²) in [6.07, 6.45) is 2.54. The van der Waals surface area contributed by atoms with E-state index >= 15 is 0 Å². The second-order valence-electron chi connectivity index (χ2n) is 5.33. The van der Waals surface area contributed by atoms with Crippen LogP contribution >= 0.6 is 0 Å². The fraction of sp³-hybridized carbons (Fsp3) is 0.333. The normalized spacial score (nSPS) is 11.7. The molecule has 24 heavy (non-hydrogen) atoms. The summed E-state index contributed by atoms with van der Waals surface area (Å²) in [7, 11) is 1.61. The highest BCUT2D eigenvalue weighted by molar-refractivity contribution is 5.95. The zero-order chi connectivity index (χ0) is 17.2. The van der Waals surface area contributed by atoms with E-state index in [1.807, 2.05) is 30.3 Å². The molecule has 0 spiro atoms. The summed E-state index contributed by atoms with van der Waals surface area (Å²) in [5, 5.41) is 5.56. The molecule has 1 aromatic heterocycles. The number of ether oxygens (including phenoxy) is 1. The molecule has 1 atom stereocenters. The third-order valence-corrected chi connectivity index (χ3v) is 3.47. The lowest BCUT2D eigenvalue weighted by Gasteiger charge is -2.18. The van der Waals surface area contributed by atoms with E-state index in [2.05, 4.69) is 10.6 Å². The van der Waals surface area contributed by atoms with E-state index < -0.39 is 11.9 Å². The van der Waals surface area contributed by atoms with Crippen LogP contribution < -0.4 is 10.6 Å². The van der Waals surface area contributed by atoms with Crippen molar-refractivity contribution in [2.75, 3.05) is 20.3 Å². The lowest BCUT2D eigenvalue weighted by Crippen LogP contribution is -2.48. The Morgan fingerprint density at radius 3 is 2.62 bits per heavy atom. The van der Waals surface area contributed by atoms with Crippen molar-refractivity contribution < 1.29 is 18.7 Å². The lowest BCUT2D eigenvalue weighted by molar-refractivity contribution is -0.123. The molecule has 2 amide bonds. The van der Waals surface area contributed by atoms with Gasteiger partial charge in [0.1, 0.15) is 6.04 Å². The van der Waals surface area contributed by atoms with Crippen molar-refractivity contribution in [3.05, 3.63) is 60.1 Å². The average Bonchev–Trinajstić information content (AvgIpc) is 3.13. The number of hydrogen-bond acceptors (Lipinski definition) is 4. The molecule has 0 saturated carbocycles. The van der Waals surface area contributed by atoms with Gasteiger partial charge in [-0.15, -0.1) is 0 Å². The van der Waals surface area contributed by atoms with E-state index in [4.69, 9.17) is 9.15 Å². The molecule has 0 aliphatic rings. The Hall–Kier alpha value is -2.60. The van der Waals surface area contributed by atoms with Crippen molar-refractivity contribution in [2.45, 2.75) is 18.9 Å². The average molecular weight is 330 g/mol. The molecule has 2 aromatic rings. The Labute approximate surface area is 141 Å². The minimum atomic E-state index is -0.674. The van der Waals surface area contributed by atoms with Crippen LogP contribution in [0.25, 0.3) is 0 Å². The largest absolute Gasteiger partial charge is 0.459 e. The smallest absolute Gasteiger partial charge is 0.287 e. The van der Waals surface area contributed by atoms with Crippen molar-refractivity contribution in [3.63, 3.8) is 0 Å². The number of furan rings is 1. The van der Waals surface area contributed by atoms with Gasteiger partial charge in [0.2, 0.25) is 5.91 Å². The van der Waals surface area contributed by atoms with Gasteiger partial charge in [0.05, 0.1) is 6.26 Å². The Bertz CT molecular complexity index is 626. The van der Waals surface area contributed by atoms with Crippen LogP contribution in [-0.4, -0.2) is 38.1 Å². The van der Waals surface area contributed by atoms with Crippen LogP contribution in [0.4, 0.5) is 0 Å². The van der Waals surface area contributed by atoms with E-state index in [0.29, 0.717) is 26.0 Å². The topological polar surface area (TPSA) is 80.6 Å². The minimum Gasteiger partial charge on any atom is -0.459 e. The maximum Gasteiger partial charge on any atom is 0.287 e. The molecule has 1 heterocycles. The quantitative estimate of drug-likeness (QED) is 0.687. The highest BCUT2D eigenvalue weighted by atomic mass is 16.5. The molecular formula is C18H22N2O4. The van der Waals surface area contributed by atoms with E-state index in [9.17, 15) is 9.59 Å². The lowest BCUT2D eigenvalue weighted by atomic mass is 10.0. The van der Waals surface area contributed by atoms with E-state index in [1.54, 1.807) is 19.2 Å². The van der Waals surface area contributed by atoms with Gasteiger partial charge in [0.15, 0.2) is 5.76 Å². The molecule has 1 unspecified atom stereocenters. The summed E-state index contributed by atoms with van der Waals surface area (Å²) in [6.45, 7) is 1.07. The maximum absolute atomic E-state index is 12.4. The Morgan fingerprint density at radius 1 is 1.17 bits per heavy atom. The molecule has 0 aliphatic heterocycles. The highest BCUT2D eigenvalue weighted by Gasteiger charge is 2.22. The molecule has 128 valence electrons. The molecular weight excluding hydrogens is 308 g/mol. The highest BCUT2D eigenvalue weighted by Crippen LogP contribution is 2.06. The van der Waals surface area contributed by atoms with Crippen molar-refractivity contribution in [3.8, 4) is 0 Å². The van der Waals surface area contributed by atoms with Gasteiger partial charge in [-0.05, 0) is 24.1 Å². The van der Waals surface area contributed by atoms with Crippen LogP contribution in [0.5, 0.6) is 0 Å². The standard InChI is InChI=1S/C18H22N2O4/c1-23-11-6-10-19-17(21)15(13-14-7-3-2-4-8-14)20-18(22)16-9-5-12-24-16/h2-5,7-9,12,15H,6,10-11,13H2,1H3,(H,19,21)(H,20,22). The summed E-state index contributed by atoms with van der Waals surface area (Å²) in [4.78, 5) is 24.6. The first-order chi connectivity index (χ1) is 11.7. The SMILES string of the molecule is COCCCNC(=O)C(Cc1ccccc1)NC(=O)c1ccco1. The van der Waals surface area contributed by atoms with Crippen LogP contribution in [-0.2, 0) is 16.0 Å². The molecule has 6 heteroatoms. The third-order valence-electron chi connectivity index (χ3n) is 3.47. The molecule has 1 aromatic carbocycles. The summed E-state index contributed by atoms with van der Waals surface area (Å²) in [5.41, 5.74) is 0.967. The Morgan fingerprint density at radius 2 is 1.96 bits per heavy atom. The van der Waals surface area contributed by atoms with Gasteiger partial charge in [-0.3, -0.25) is 9.59 Å². The Balaban J connectivity index is 2.00. The molecule has 2 N–H and O–H groups in total. The van der Waals surface area contributed by atoms with Gasteiger partial charge in [-0.25, -0.2) is 0 Å². The molecule has 0 fully saturated rings. The summed E-state index contributed by atoms with van der Waals surface area (Å²) in [6, 6.07) is 12.1. The predicted molar refractivity (Wildman–Crippen MR) is 89.6 cm³/mol. The zero-order valence-electron chi connectivity index (χ0n) is 13.7. The number of carbonyl (C=O) groups is 2. The number of benzene rings is 1.